The van der Waals surface area contributed by atoms with E-state index >= 15 is 0 Å². The standard InChI is InChI=1S/C26H38O5/c1-31-24(29)12-8-3-2-7-11-21-22(27)17-23(28)25(21)18-13-15-20(16-14-18)26(30)19-9-5-4-6-10-19/h13-16,19,21,23,25-26,28,30H,2-12,17H2,1H3/t21-,23+,25+,26?/m0/s1. The average Bonchev–Trinajstić information content (AvgIpc) is 3.08. The summed E-state index contributed by atoms with van der Waals surface area (Å²) in [6, 6.07) is 7.95. The number of ketones is 1. The third-order valence-electron chi connectivity index (χ3n) is 7.30. The van der Waals surface area contributed by atoms with Crippen molar-refractivity contribution in [1.82, 2.24) is 0 Å². The van der Waals surface area contributed by atoms with E-state index in [1.54, 1.807) is 0 Å². The quantitative estimate of drug-likeness (QED) is 0.410. The van der Waals surface area contributed by atoms with Crippen LogP contribution in [0.1, 0.15) is 100 Å². The van der Waals surface area contributed by atoms with Crippen LogP contribution in [0.2, 0.25) is 0 Å². The number of unbranched alkanes of at least 4 members (excludes halogenated alkanes) is 3. The molecule has 0 aliphatic heterocycles. The summed E-state index contributed by atoms with van der Waals surface area (Å²) in [5, 5.41) is 21.3. The first-order chi connectivity index (χ1) is 15.0. The number of methoxy groups -OCH3 is 1. The first kappa shape index (κ1) is 23.9. The Bertz CT molecular complexity index is 707. The van der Waals surface area contributed by atoms with Gasteiger partial charge >= 0.3 is 5.97 Å². The number of Topliss-reactive ketones (excluding diaryl/α,β-unsaturated/α-hetero) is 1. The van der Waals surface area contributed by atoms with Gasteiger partial charge in [-0.15, -0.1) is 0 Å². The Morgan fingerprint density at radius 1 is 1.06 bits per heavy atom. The molecule has 2 fully saturated rings. The fourth-order valence-corrected chi connectivity index (χ4v) is 5.47. The molecule has 2 N–H and O–H groups in total. The van der Waals surface area contributed by atoms with Gasteiger partial charge in [0.05, 0.1) is 19.3 Å². The third kappa shape index (κ3) is 6.39. The molecule has 1 aromatic rings. The number of carbonyl (C=O) groups excluding carboxylic acids is 2. The van der Waals surface area contributed by atoms with Crippen molar-refractivity contribution in [2.75, 3.05) is 7.11 Å². The van der Waals surface area contributed by atoms with E-state index in [0.717, 1.165) is 56.1 Å². The van der Waals surface area contributed by atoms with Gasteiger partial charge in [-0.2, -0.15) is 0 Å². The van der Waals surface area contributed by atoms with Gasteiger partial charge in [0, 0.05) is 24.7 Å². The fourth-order valence-electron chi connectivity index (χ4n) is 5.47. The molecule has 3 rings (SSSR count). The van der Waals surface area contributed by atoms with Crippen LogP contribution in [0.3, 0.4) is 0 Å². The molecule has 4 atom stereocenters. The minimum Gasteiger partial charge on any atom is -0.469 e. The first-order valence-electron chi connectivity index (χ1n) is 12.1. The van der Waals surface area contributed by atoms with E-state index in [1.807, 2.05) is 24.3 Å². The SMILES string of the molecule is COC(=O)CCCCCC[C@H]1C(=O)C[C@@H](O)[C@@H]1c1ccc(C(O)C2CCCCC2)cc1. The van der Waals surface area contributed by atoms with Gasteiger partial charge in [0.15, 0.2) is 0 Å². The zero-order chi connectivity index (χ0) is 22.2. The lowest BCUT2D eigenvalue weighted by atomic mass is 9.81. The number of rotatable bonds is 10. The van der Waals surface area contributed by atoms with Crippen LogP contribution in [0, 0.1) is 11.8 Å². The molecule has 5 nitrogen and oxygen atoms in total. The van der Waals surface area contributed by atoms with Crippen LogP contribution in [0.15, 0.2) is 24.3 Å². The maximum Gasteiger partial charge on any atom is 0.305 e. The van der Waals surface area contributed by atoms with E-state index in [-0.39, 0.29) is 30.0 Å². The molecule has 0 amide bonds. The Morgan fingerprint density at radius 2 is 1.74 bits per heavy atom. The summed E-state index contributed by atoms with van der Waals surface area (Å²) in [5.74, 6) is 0.00272. The number of aliphatic hydroxyl groups excluding tert-OH is 2. The molecule has 0 saturated heterocycles. The first-order valence-corrected chi connectivity index (χ1v) is 12.1. The van der Waals surface area contributed by atoms with Crippen LogP contribution in [-0.2, 0) is 14.3 Å². The van der Waals surface area contributed by atoms with Crippen molar-refractivity contribution in [3.8, 4) is 0 Å². The topological polar surface area (TPSA) is 83.8 Å². The number of esters is 1. The summed E-state index contributed by atoms with van der Waals surface area (Å²) in [7, 11) is 1.41. The van der Waals surface area contributed by atoms with E-state index in [2.05, 4.69) is 4.74 Å². The summed E-state index contributed by atoms with van der Waals surface area (Å²) in [6.07, 6.45) is 9.84. The van der Waals surface area contributed by atoms with E-state index in [4.69, 9.17) is 0 Å². The fraction of sp³-hybridized carbons (Fsp3) is 0.692. The molecule has 2 aliphatic carbocycles. The van der Waals surface area contributed by atoms with Crippen LogP contribution in [0.4, 0.5) is 0 Å². The normalized spacial score (nSPS) is 25.5. The maximum atomic E-state index is 12.5. The van der Waals surface area contributed by atoms with Crippen molar-refractivity contribution in [3.05, 3.63) is 35.4 Å². The molecule has 5 heteroatoms. The molecular formula is C26H38O5. The molecule has 0 heterocycles. The molecule has 0 radical (unpaired) electrons. The zero-order valence-electron chi connectivity index (χ0n) is 18.8. The van der Waals surface area contributed by atoms with Crippen LogP contribution in [0.5, 0.6) is 0 Å². The number of ether oxygens (including phenoxy) is 1. The third-order valence-corrected chi connectivity index (χ3v) is 7.30. The Balaban J connectivity index is 1.55. The lowest BCUT2D eigenvalue weighted by Crippen LogP contribution is -2.19. The van der Waals surface area contributed by atoms with Crippen molar-refractivity contribution in [3.63, 3.8) is 0 Å². The van der Waals surface area contributed by atoms with Crippen molar-refractivity contribution < 1.29 is 24.5 Å². The molecule has 1 unspecified atom stereocenters. The summed E-state index contributed by atoms with van der Waals surface area (Å²) in [4.78, 5) is 23.7. The average molecular weight is 431 g/mol. The number of hydrogen-bond acceptors (Lipinski definition) is 5. The Kier molecular flexibility index (Phi) is 9.09. The number of hydrogen-bond donors (Lipinski definition) is 2. The van der Waals surface area contributed by atoms with E-state index < -0.39 is 12.2 Å². The van der Waals surface area contributed by atoms with Gasteiger partial charge in [-0.1, -0.05) is 62.8 Å². The van der Waals surface area contributed by atoms with Crippen molar-refractivity contribution in [2.45, 2.75) is 95.2 Å². The molecular weight excluding hydrogens is 392 g/mol. The van der Waals surface area contributed by atoms with E-state index in [1.165, 1.54) is 26.4 Å². The van der Waals surface area contributed by atoms with Crippen molar-refractivity contribution in [2.24, 2.45) is 11.8 Å². The second-order valence-electron chi connectivity index (χ2n) is 9.41. The predicted molar refractivity (Wildman–Crippen MR) is 120 cm³/mol. The van der Waals surface area contributed by atoms with E-state index in [0.29, 0.717) is 12.3 Å². The number of aliphatic hydroxyl groups is 2. The highest BCUT2D eigenvalue weighted by Crippen LogP contribution is 2.41. The molecule has 2 saturated carbocycles. The smallest absolute Gasteiger partial charge is 0.305 e. The number of benzene rings is 1. The zero-order valence-corrected chi connectivity index (χ0v) is 18.8. The highest BCUT2D eigenvalue weighted by Gasteiger charge is 2.41. The lowest BCUT2D eigenvalue weighted by Gasteiger charge is -2.27. The van der Waals surface area contributed by atoms with Crippen LogP contribution in [0.25, 0.3) is 0 Å². The highest BCUT2D eigenvalue weighted by molar-refractivity contribution is 5.85. The highest BCUT2D eigenvalue weighted by atomic mass is 16.5. The van der Waals surface area contributed by atoms with Gasteiger partial charge < -0.3 is 14.9 Å². The van der Waals surface area contributed by atoms with Crippen LogP contribution >= 0.6 is 0 Å². The minimum absolute atomic E-state index is 0.148. The molecule has 0 spiro atoms. The monoisotopic (exact) mass is 430 g/mol. The van der Waals surface area contributed by atoms with Crippen molar-refractivity contribution >= 4 is 11.8 Å². The van der Waals surface area contributed by atoms with Gasteiger partial charge in [-0.05, 0) is 42.7 Å². The summed E-state index contributed by atoms with van der Waals surface area (Å²) >= 11 is 0. The summed E-state index contributed by atoms with van der Waals surface area (Å²) < 4.78 is 4.66. The minimum atomic E-state index is -0.633. The molecule has 0 aromatic heterocycles. The maximum absolute atomic E-state index is 12.5. The Morgan fingerprint density at radius 3 is 2.42 bits per heavy atom. The molecule has 2 aliphatic rings. The summed E-state index contributed by atoms with van der Waals surface area (Å²) in [6.45, 7) is 0. The van der Waals surface area contributed by atoms with Crippen LogP contribution < -0.4 is 0 Å². The second kappa shape index (κ2) is 11.8. The second-order valence-corrected chi connectivity index (χ2v) is 9.41. The van der Waals surface area contributed by atoms with Gasteiger partial charge in [0.1, 0.15) is 5.78 Å². The molecule has 1 aromatic carbocycles. The van der Waals surface area contributed by atoms with Gasteiger partial charge in [-0.3, -0.25) is 9.59 Å². The van der Waals surface area contributed by atoms with Gasteiger partial charge in [0.25, 0.3) is 0 Å². The van der Waals surface area contributed by atoms with Crippen molar-refractivity contribution in [1.29, 1.82) is 0 Å². The molecule has 172 valence electrons. The Hall–Kier alpha value is -1.72. The molecule has 31 heavy (non-hydrogen) atoms. The summed E-state index contributed by atoms with van der Waals surface area (Å²) in [5.41, 5.74) is 1.94. The number of carbonyl (C=O) groups is 2. The van der Waals surface area contributed by atoms with Gasteiger partial charge in [-0.25, -0.2) is 0 Å². The van der Waals surface area contributed by atoms with E-state index in [9.17, 15) is 19.8 Å². The predicted octanol–water partition coefficient (Wildman–Crippen LogP) is 4.85. The molecule has 0 bridgehead atoms. The van der Waals surface area contributed by atoms with Crippen LogP contribution in [-0.4, -0.2) is 35.2 Å². The van der Waals surface area contributed by atoms with Gasteiger partial charge in [0.2, 0.25) is 0 Å². The largest absolute Gasteiger partial charge is 0.469 e. The lowest BCUT2D eigenvalue weighted by molar-refractivity contribution is -0.140. The Labute approximate surface area is 186 Å².